The van der Waals surface area contributed by atoms with Crippen LogP contribution in [0.5, 0.6) is 0 Å². The molecule has 9 nitrogen and oxygen atoms in total. The summed E-state index contributed by atoms with van der Waals surface area (Å²) in [5.74, 6) is -0.475. The van der Waals surface area contributed by atoms with E-state index in [1.807, 2.05) is 25.5 Å². The van der Waals surface area contributed by atoms with Crippen LogP contribution in [-0.2, 0) is 19.6 Å². The summed E-state index contributed by atoms with van der Waals surface area (Å²) in [5.41, 5.74) is 2.38. The van der Waals surface area contributed by atoms with Crippen LogP contribution >= 0.6 is 0 Å². The Balaban J connectivity index is 2.29. The maximum Gasteiger partial charge on any atom is 0.320 e. The summed E-state index contributed by atoms with van der Waals surface area (Å²) in [6.07, 6.45) is 1.28. The molecule has 1 amide bonds. The Bertz CT molecular complexity index is 777. The number of amides is 1. The van der Waals surface area contributed by atoms with Crippen molar-refractivity contribution >= 4 is 11.6 Å². The van der Waals surface area contributed by atoms with Crippen LogP contribution in [0.4, 0.5) is 5.69 Å². The summed E-state index contributed by atoms with van der Waals surface area (Å²) in [4.78, 5) is 24.6. The van der Waals surface area contributed by atoms with Crippen molar-refractivity contribution in [3.8, 4) is 0 Å². The zero-order valence-electron chi connectivity index (χ0n) is 14.6. The van der Waals surface area contributed by atoms with E-state index in [0.29, 0.717) is 13.1 Å². The lowest BCUT2D eigenvalue weighted by Gasteiger charge is -2.16. The molecule has 24 heavy (non-hydrogen) atoms. The van der Waals surface area contributed by atoms with Crippen molar-refractivity contribution in [3.05, 3.63) is 39.0 Å². The third kappa shape index (κ3) is 3.15. The summed E-state index contributed by atoms with van der Waals surface area (Å²) in [6.45, 7) is 9.18. The van der Waals surface area contributed by atoms with E-state index in [1.54, 1.807) is 14.0 Å². The van der Waals surface area contributed by atoms with E-state index in [2.05, 4.69) is 10.2 Å². The molecular formula is C15H22N6O3. The number of carbonyl (C=O) groups is 1. The summed E-state index contributed by atoms with van der Waals surface area (Å²) in [7, 11) is 1.61. The highest BCUT2D eigenvalue weighted by molar-refractivity contribution is 5.95. The van der Waals surface area contributed by atoms with Gasteiger partial charge in [-0.3, -0.25) is 24.3 Å². The summed E-state index contributed by atoms with van der Waals surface area (Å²) < 4.78 is 3.27. The predicted molar refractivity (Wildman–Crippen MR) is 87.7 cm³/mol. The zero-order valence-corrected chi connectivity index (χ0v) is 14.6. The Morgan fingerprint density at radius 3 is 2.46 bits per heavy atom. The molecule has 2 aromatic rings. The molecule has 2 heterocycles. The molecule has 0 saturated heterocycles. The second-order valence-corrected chi connectivity index (χ2v) is 5.60. The molecule has 0 radical (unpaired) electrons. The van der Waals surface area contributed by atoms with E-state index in [4.69, 9.17) is 0 Å². The lowest BCUT2D eigenvalue weighted by atomic mass is 10.2. The molecule has 130 valence electrons. The molecule has 0 aliphatic rings. The maximum atomic E-state index is 12.6. The Labute approximate surface area is 140 Å². The van der Waals surface area contributed by atoms with E-state index in [0.717, 1.165) is 23.5 Å². The van der Waals surface area contributed by atoms with Crippen LogP contribution in [-0.4, -0.2) is 42.3 Å². The smallest absolute Gasteiger partial charge is 0.320 e. The van der Waals surface area contributed by atoms with Gasteiger partial charge in [-0.2, -0.15) is 10.2 Å². The van der Waals surface area contributed by atoms with Crippen molar-refractivity contribution in [3.63, 3.8) is 0 Å². The third-order valence-corrected chi connectivity index (χ3v) is 4.04. The molecule has 0 aliphatic carbocycles. The van der Waals surface area contributed by atoms with Crippen LogP contribution in [0.15, 0.2) is 6.20 Å². The molecule has 9 heteroatoms. The minimum atomic E-state index is -0.578. The molecule has 0 aromatic carbocycles. The number of rotatable bonds is 6. The van der Waals surface area contributed by atoms with Gasteiger partial charge < -0.3 is 4.90 Å². The monoisotopic (exact) mass is 334 g/mol. The zero-order chi connectivity index (χ0) is 18.0. The van der Waals surface area contributed by atoms with Gasteiger partial charge in [0, 0.05) is 37.9 Å². The van der Waals surface area contributed by atoms with E-state index < -0.39 is 10.8 Å². The van der Waals surface area contributed by atoms with E-state index in [1.165, 1.54) is 15.8 Å². The van der Waals surface area contributed by atoms with Gasteiger partial charge in [0.15, 0.2) is 0 Å². The highest BCUT2D eigenvalue weighted by Crippen LogP contribution is 2.21. The highest BCUT2D eigenvalue weighted by atomic mass is 16.6. The van der Waals surface area contributed by atoms with Gasteiger partial charge in [0.2, 0.25) is 5.69 Å². The van der Waals surface area contributed by atoms with Gasteiger partial charge in [-0.1, -0.05) is 0 Å². The Kier molecular flexibility index (Phi) is 5.01. The van der Waals surface area contributed by atoms with Crippen LogP contribution in [0.3, 0.4) is 0 Å². The van der Waals surface area contributed by atoms with Gasteiger partial charge in [0.05, 0.1) is 10.6 Å². The summed E-state index contributed by atoms with van der Waals surface area (Å²) in [6, 6.07) is 0. The first-order valence-electron chi connectivity index (χ1n) is 7.80. The lowest BCUT2D eigenvalue weighted by molar-refractivity contribution is -0.385. The van der Waals surface area contributed by atoms with Crippen molar-refractivity contribution in [1.82, 2.24) is 24.5 Å². The van der Waals surface area contributed by atoms with Crippen molar-refractivity contribution in [2.45, 2.75) is 47.3 Å². The van der Waals surface area contributed by atoms with Crippen LogP contribution in [0.25, 0.3) is 0 Å². The van der Waals surface area contributed by atoms with Crippen molar-refractivity contribution in [2.24, 2.45) is 0 Å². The summed E-state index contributed by atoms with van der Waals surface area (Å²) in [5, 5.41) is 19.6. The number of hydrogen-bond donors (Lipinski definition) is 0. The van der Waals surface area contributed by atoms with Crippen molar-refractivity contribution in [1.29, 1.82) is 0 Å². The topological polar surface area (TPSA) is 99.1 Å². The molecule has 0 spiro atoms. The standard InChI is InChI=1S/C15H22N6O3/c1-6-19-9-13(21(23)24)14(17-19)15(22)18(5)8-12-10(3)16-20(7-2)11(12)4/h9H,6-8H2,1-5H3. The van der Waals surface area contributed by atoms with Gasteiger partial charge >= 0.3 is 5.69 Å². The number of nitro groups is 1. The second-order valence-electron chi connectivity index (χ2n) is 5.60. The molecule has 0 atom stereocenters. The fraction of sp³-hybridized carbons (Fsp3) is 0.533. The largest absolute Gasteiger partial charge is 0.336 e. The fourth-order valence-electron chi connectivity index (χ4n) is 2.62. The van der Waals surface area contributed by atoms with Gasteiger partial charge in [-0.25, -0.2) is 0 Å². The molecule has 0 bridgehead atoms. The first-order valence-corrected chi connectivity index (χ1v) is 7.80. The lowest BCUT2D eigenvalue weighted by Crippen LogP contribution is -2.28. The quantitative estimate of drug-likeness (QED) is 0.593. The van der Waals surface area contributed by atoms with E-state index in [-0.39, 0.29) is 11.4 Å². The Hall–Kier alpha value is -2.71. The van der Waals surface area contributed by atoms with Gasteiger partial charge in [-0.05, 0) is 27.7 Å². The summed E-state index contributed by atoms with van der Waals surface area (Å²) >= 11 is 0. The van der Waals surface area contributed by atoms with Crippen LogP contribution in [0, 0.1) is 24.0 Å². The highest BCUT2D eigenvalue weighted by Gasteiger charge is 2.28. The molecule has 2 rings (SSSR count). The number of hydrogen-bond acceptors (Lipinski definition) is 5. The van der Waals surface area contributed by atoms with Gasteiger partial charge in [-0.15, -0.1) is 0 Å². The Morgan fingerprint density at radius 2 is 1.96 bits per heavy atom. The minimum absolute atomic E-state index is 0.137. The van der Waals surface area contributed by atoms with E-state index in [9.17, 15) is 14.9 Å². The van der Waals surface area contributed by atoms with Crippen LogP contribution in [0.2, 0.25) is 0 Å². The molecule has 0 aliphatic heterocycles. The Morgan fingerprint density at radius 1 is 1.29 bits per heavy atom. The molecule has 2 aromatic heterocycles. The fourth-order valence-corrected chi connectivity index (χ4v) is 2.62. The first kappa shape index (κ1) is 17.6. The number of nitrogens with zero attached hydrogens (tertiary/aromatic N) is 6. The average Bonchev–Trinajstić information content (AvgIpc) is 3.10. The van der Waals surface area contributed by atoms with Crippen LogP contribution < -0.4 is 0 Å². The normalized spacial score (nSPS) is 10.9. The van der Waals surface area contributed by atoms with Crippen LogP contribution in [0.1, 0.15) is 41.3 Å². The van der Waals surface area contributed by atoms with E-state index >= 15 is 0 Å². The molecular weight excluding hydrogens is 312 g/mol. The number of aryl methyl sites for hydroxylation is 3. The minimum Gasteiger partial charge on any atom is -0.336 e. The van der Waals surface area contributed by atoms with Crippen molar-refractivity contribution < 1.29 is 9.72 Å². The van der Waals surface area contributed by atoms with Gasteiger partial charge in [0.25, 0.3) is 5.91 Å². The molecule has 0 N–H and O–H groups in total. The molecule has 0 unspecified atom stereocenters. The number of carbonyl (C=O) groups excluding carboxylic acids is 1. The SMILES string of the molecule is CCn1cc([N+](=O)[O-])c(C(=O)N(C)Cc2c(C)nn(CC)c2C)n1. The van der Waals surface area contributed by atoms with Crippen molar-refractivity contribution in [2.75, 3.05) is 7.05 Å². The van der Waals surface area contributed by atoms with Gasteiger partial charge in [0.1, 0.15) is 6.20 Å². The second kappa shape index (κ2) is 6.81. The third-order valence-electron chi connectivity index (χ3n) is 4.04. The maximum absolute atomic E-state index is 12.6. The average molecular weight is 334 g/mol. The first-order chi connectivity index (χ1) is 11.3. The predicted octanol–water partition coefficient (Wildman–Crippen LogP) is 1.92. The molecule has 0 saturated carbocycles. The molecule has 0 fully saturated rings. The number of aromatic nitrogens is 4.